The Kier molecular flexibility index (Phi) is 6.90. The maximum Gasteiger partial charge on any atom is 0.335 e. The monoisotopic (exact) mass is 454 g/mol. The van der Waals surface area contributed by atoms with Crippen molar-refractivity contribution in [1.82, 2.24) is 9.97 Å². The molecular weight excluding hydrogens is 428 g/mol. The molecule has 3 rings (SSSR count). The minimum absolute atomic E-state index is 0.0347. The van der Waals surface area contributed by atoms with Crippen LogP contribution < -0.4 is 10.5 Å². The van der Waals surface area contributed by atoms with Gasteiger partial charge in [-0.1, -0.05) is 24.3 Å². The lowest BCUT2D eigenvalue weighted by Crippen LogP contribution is -2.18. The van der Waals surface area contributed by atoms with Gasteiger partial charge < -0.3 is 10.8 Å². The molecule has 0 amide bonds. The largest absolute Gasteiger partial charge is 0.478 e. The van der Waals surface area contributed by atoms with Gasteiger partial charge in [-0.15, -0.1) is 0 Å². The molecule has 168 valence electrons. The molecule has 32 heavy (non-hydrogen) atoms. The fourth-order valence-corrected chi connectivity index (χ4v) is 4.36. The van der Waals surface area contributed by atoms with Crippen LogP contribution in [-0.4, -0.2) is 35.5 Å². The van der Waals surface area contributed by atoms with Gasteiger partial charge in [0.1, 0.15) is 0 Å². The van der Waals surface area contributed by atoms with Crippen LogP contribution in [0.1, 0.15) is 40.5 Å². The first kappa shape index (κ1) is 23.4. The highest BCUT2D eigenvalue weighted by atomic mass is 32.2. The molecule has 2 aromatic carbocycles. The van der Waals surface area contributed by atoms with E-state index in [0.717, 1.165) is 22.8 Å². The number of carboxylic acids is 1. The first-order chi connectivity index (χ1) is 15.1. The van der Waals surface area contributed by atoms with Gasteiger partial charge in [-0.05, 0) is 69.0 Å². The topological polar surface area (TPSA) is 135 Å². The standard InChI is InChI=1S/C23H26N4O4S/c1-14-6-4-7-15(2)21(14)20-13-18(11-10-16(3)24)25-23(26-20)27-32(30,31)19-9-5-8-17(12-19)22(28)29/h4-9,12-13,16H,10-11,24H2,1-3H3,(H,28,29)(H,25,26,27). The molecule has 3 aromatic rings. The number of nitrogens with one attached hydrogen (secondary N) is 1. The Morgan fingerprint density at radius 3 is 2.38 bits per heavy atom. The van der Waals surface area contributed by atoms with Crippen LogP contribution in [0.25, 0.3) is 11.3 Å². The Morgan fingerprint density at radius 1 is 1.09 bits per heavy atom. The summed E-state index contributed by atoms with van der Waals surface area (Å²) in [6, 6.07) is 12.8. The van der Waals surface area contributed by atoms with Crippen molar-refractivity contribution in [3.8, 4) is 11.3 Å². The number of rotatable bonds is 8. The molecule has 1 atom stereocenters. The molecule has 1 unspecified atom stereocenters. The van der Waals surface area contributed by atoms with E-state index >= 15 is 0 Å². The lowest BCUT2D eigenvalue weighted by atomic mass is 9.99. The third kappa shape index (κ3) is 5.49. The van der Waals surface area contributed by atoms with Crippen molar-refractivity contribution in [2.75, 3.05) is 4.72 Å². The molecule has 0 aliphatic rings. The highest BCUT2D eigenvalue weighted by Crippen LogP contribution is 2.28. The van der Waals surface area contributed by atoms with Crippen LogP contribution in [0.2, 0.25) is 0 Å². The van der Waals surface area contributed by atoms with Gasteiger partial charge in [-0.2, -0.15) is 0 Å². The van der Waals surface area contributed by atoms with Crippen LogP contribution in [0, 0.1) is 13.8 Å². The smallest absolute Gasteiger partial charge is 0.335 e. The first-order valence-corrected chi connectivity index (χ1v) is 11.6. The molecule has 1 aromatic heterocycles. The molecule has 0 bridgehead atoms. The van der Waals surface area contributed by atoms with Gasteiger partial charge in [0.2, 0.25) is 5.95 Å². The maximum atomic E-state index is 12.9. The summed E-state index contributed by atoms with van der Waals surface area (Å²) in [5.74, 6) is -1.29. The number of aromatic carboxylic acids is 1. The van der Waals surface area contributed by atoms with Crippen LogP contribution in [0.4, 0.5) is 5.95 Å². The van der Waals surface area contributed by atoms with E-state index in [-0.39, 0.29) is 22.4 Å². The molecule has 0 fully saturated rings. The van der Waals surface area contributed by atoms with Crippen LogP contribution in [-0.2, 0) is 16.4 Å². The normalized spacial score (nSPS) is 12.4. The van der Waals surface area contributed by atoms with E-state index in [4.69, 9.17) is 10.8 Å². The first-order valence-electron chi connectivity index (χ1n) is 10.1. The second kappa shape index (κ2) is 9.46. The van der Waals surface area contributed by atoms with Crippen molar-refractivity contribution in [3.05, 3.63) is 70.9 Å². The Morgan fingerprint density at radius 2 is 1.75 bits per heavy atom. The number of nitrogens with zero attached hydrogens (tertiary/aromatic N) is 2. The number of nitrogens with two attached hydrogens (primary N) is 1. The molecule has 0 radical (unpaired) electrons. The number of aromatic nitrogens is 2. The summed E-state index contributed by atoms with van der Waals surface area (Å²) in [4.78, 5) is 19.9. The minimum atomic E-state index is -4.10. The predicted octanol–water partition coefficient (Wildman–Crippen LogP) is 3.54. The van der Waals surface area contributed by atoms with Gasteiger partial charge in [0, 0.05) is 17.3 Å². The minimum Gasteiger partial charge on any atom is -0.478 e. The fourth-order valence-electron chi connectivity index (χ4n) is 3.37. The van der Waals surface area contributed by atoms with Crippen LogP contribution in [0.5, 0.6) is 0 Å². The average Bonchev–Trinajstić information content (AvgIpc) is 2.72. The highest BCUT2D eigenvalue weighted by molar-refractivity contribution is 7.92. The number of sulfonamides is 1. The third-order valence-corrected chi connectivity index (χ3v) is 6.32. The van der Waals surface area contributed by atoms with Crippen molar-refractivity contribution in [3.63, 3.8) is 0 Å². The zero-order chi connectivity index (χ0) is 23.5. The second-order valence-corrected chi connectivity index (χ2v) is 9.47. The van der Waals surface area contributed by atoms with E-state index < -0.39 is 16.0 Å². The summed E-state index contributed by atoms with van der Waals surface area (Å²) >= 11 is 0. The number of hydrogen-bond donors (Lipinski definition) is 3. The van der Waals surface area contributed by atoms with Crippen molar-refractivity contribution < 1.29 is 18.3 Å². The van der Waals surface area contributed by atoms with Crippen molar-refractivity contribution in [2.24, 2.45) is 5.73 Å². The lowest BCUT2D eigenvalue weighted by Gasteiger charge is -2.14. The Balaban J connectivity index is 2.06. The van der Waals surface area contributed by atoms with Crippen LogP contribution in [0.3, 0.4) is 0 Å². The summed E-state index contributed by atoms with van der Waals surface area (Å²) < 4.78 is 28.3. The number of hydrogen-bond acceptors (Lipinski definition) is 6. The molecule has 0 saturated heterocycles. The van der Waals surface area contributed by atoms with Gasteiger partial charge in [0.15, 0.2) is 0 Å². The van der Waals surface area contributed by atoms with Crippen molar-refractivity contribution in [2.45, 2.75) is 44.6 Å². The SMILES string of the molecule is Cc1cccc(C)c1-c1cc(CCC(C)N)nc(NS(=O)(=O)c2cccc(C(=O)O)c2)n1. The summed E-state index contributed by atoms with van der Waals surface area (Å²) in [5.41, 5.74) is 9.94. The number of aryl methyl sites for hydroxylation is 3. The number of carboxylic acid groups (broad SMARTS) is 1. The maximum absolute atomic E-state index is 12.9. The molecule has 0 spiro atoms. The van der Waals surface area contributed by atoms with E-state index in [1.807, 2.05) is 45.0 Å². The summed E-state index contributed by atoms with van der Waals surface area (Å²) in [6.07, 6.45) is 1.23. The number of benzene rings is 2. The molecule has 9 heteroatoms. The Labute approximate surface area is 187 Å². The second-order valence-electron chi connectivity index (χ2n) is 7.79. The van der Waals surface area contributed by atoms with Crippen molar-refractivity contribution in [1.29, 1.82) is 0 Å². The molecule has 0 saturated carbocycles. The molecule has 8 nitrogen and oxygen atoms in total. The molecule has 1 heterocycles. The van der Waals surface area contributed by atoms with Gasteiger partial charge in [0.05, 0.1) is 16.2 Å². The van der Waals surface area contributed by atoms with E-state index in [9.17, 15) is 13.2 Å². The Bertz CT molecular complexity index is 1240. The van der Waals surface area contributed by atoms with E-state index in [1.54, 1.807) is 0 Å². The lowest BCUT2D eigenvalue weighted by molar-refractivity contribution is 0.0696. The van der Waals surface area contributed by atoms with E-state index in [0.29, 0.717) is 24.2 Å². The quantitative estimate of drug-likeness (QED) is 0.474. The summed E-state index contributed by atoms with van der Waals surface area (Å²) in [7, 11) is -4.10. The number of carbonyl (C=O) groups is 1. The molecule has 0 aliphatic carbocycles. The number of anilines is 1. The third-order valence-electron chi connectivity index (χ3n) is 4.99. The Hall–Kier alpha value is -3.30. The highest BCUT2D eigenvalue weighted by Gasteiger charge is 2.19. The van der Waals surface area contributed by atoms with Gasteiger partial charge >= 0.3 is 5.97 Å². The summed E-state index contributed by atoms with van der Waals surface area (Å²) in [6.45, 7) is 5.83. The molecule has 4 N–H and O–H groups in total. The molecule has 0 aliphatic heterocycles. The van der Waals surface area contributed by atoms with Gasteiger partial charge in [0.25, 0.3) is 10.0 Å². The van der Waals surface area contributed by atoms with Gasteiger partial charge in [-0.25, -0.2) is 27.9 Å². The van der Waals surface area contributed by atoms with Crippen molar-refractivity contribution >= 4 is 21.9 Å². The van der Waals surface area contributed by atoms with Gasteiger partial charge in [-0.3, -0.25) is 0 Å². The zero-order valence-electron chi connectivity index (χ0n) is 18.2. The fraction of sp³-hybridized carbons (Fsp3) is 0.261. The summed E-state index contributed by atoms with van der Waals surface area (Å²) in [5, 5.41) is 9.17. The average molecular weight is 455 g/mol. The predicted molar refractivity (Wildman–Crippen MR) is 123 cm³/mol. The van der Waals surface area contributed by atoms with E-state index in [2.05, 4.69) is 14.7 Å². The molecular formula is C23H26N4O4S. The zero-order valence-corrected chi connectivity index (χ0v) is 19.0. The van der Waals surface area contributed by atoms with E-state index in [1.165, 1.54) is 18.2 Å². The van der Waals surface area contributed by atoms with Crippen LogP contribution >= 0.6 is 0 Å². The van der Waals surface area contributed by atoms with Crippen LogP contribution in [0.15, 0.2) is 53.4 Å².